The highest BCUT2D eigenvalue weighted by atomic mass is 79.9. The van der Waals surface area contributed by atoms with Gasteiger partial charge in [-0.15, -0.1) is 0 Å². The molecule has 1 N–H and O–H groups in total. The molecule has 0 saturated heterocycles. The predicted molar refractivity (Wildman–Crippen MR) is 137 cm³/mol. The van der Waals surface area contributed by atoms with E-state index in [4.69, 9.17) is 0 Å². The Bertz CT molecular complexity index is 1110. The number of hydrogen-bond donors (Lipinski definition) is 1. The van der Waals surface area contributed by atoms with Crippen molar-refractivity contribution < 1.29 is 14.0 Å². The molecule has 1 unspecified atom stereocenters. The molecular formula is C28H30BrFN2O2. The van der Waals surface area contributed by atoms with E-state index in [0.717, 1.165) is 15.6 Å². The molecule has 2 amide bonds. The van der Waals surface area contributed by atoms with Crippen molar-refractivity contribution in [3.8, 4) is 0 Å². The van der Waals surface area contributed by atoms with Crippen LogP contribution in [-0.2, 0) is 29.0 Å². The molecule has 0 aliphatic heterocycles. The van der Waals surface area contributed by atoms with E-state index in [1.807, 2.05) is 75.4 Å². The van der Waals surface area contributed by atoms with E-state index < -0.39 is 17.4 Å². The largest absolute Gasteiger partial charge is 0.350 e. The van der Waals surface area contributed by atoms with Crippen molar-refractivity contribution in [3.63, 3.8) is 0 Å². The Balaban J connectivity index is 1.99. The topological polar surface area (TPSA) is 49.4 Å². The summed E-state index contributed by atoms with van der Waals surface area (Å²) in [6.45, 7) is 5.95. The van der Waals surface area contributed by atoms with E-state index in [2.05, 4.69) is 21.2 Å². The quantitative estimate of drug-likeness (QED) is 0.411. The van der Waals surface area contributed by atoms with Crippen molar-refractivity contribution in [2.75, 3.05) is 0 Å². The van der Waals surface area contributed by atoms with Crippen LogP contribution in [-0.4, -0.2) is 28.3 Å². The number of carbonyl (C=O) groups excluding carboxylic acids is 2. The third-order valence-corrected chi connectivity index (χ3v) is 5.86. The van der Waals surface area contributed by atoms with Gasteiger partial charge in [-0.05, 0) is 55.7 Å². The summed E-state index contributed by atoms with van der Waals surface area (Å²) in [6, 6.07) is 22.7. The van der Waals surface area contributed by atoms with Crippen LogP contribution in [0.1, 0.15) is 37.5 Å². The molecule has 0 aromatic heterocycles. The van der Waals surface area contributed by atoms with Crippen LogP contribution in [0.4, 0.5) is 4.39 Å². The molecule has 0 fully saturated rings. The van der Waals surface area contributed by atoms with Crippen molar-refractivity contribution in [2.24, 2.45) is 0 Å². The molecule has 0 spiro atoms. The zero-order chi connectivity index (χ0) is 24.7. The molecule has 3 rings (SSSR count). The third-order valence-electron chi connectivity index (χ3n) is 5.33. The summed E-state index contributed by atoms with van der Waals surface area (Å²) < 4.78 is 15.3. The van der Waals surface area contributed by atoms with Gasteiger partial charge in [0.2, 0.25) is 11.8 Å². The Morgan fingerprint density at radius 1 is 0.912 bits per heavy atom. The van der Waals surface area contributed by atoms with Crippen LogP contribution in [0.5, 0.6) is 0 Å². The smallest absolute Gasteiger partial charge is 0.243 e. The molecule has 34 heavy (non-hydrogen) atoms. The summed E-state index contributed by atoms with van der Waals surface area (Å²) in [5, 5.41) is 3.03. The number of rotatable bonds is 8. The van der Waals surface area contributed by atoms with Crippen molar-refractivity contribution in [2.45, 2.75) is 51.7 Å². The Morgan fingerprint density at radius 2 is 1.53 bits per heavy atom. The number of benzene rings is 3. The Hall–Kier alpha value is -2.99. The molecule has 0 saturated carbocycles. The van der Waals surface area contributed by atoms with Gasteiger partial charge in [0.15, 0.2) is 0 Å². The maximum Gasteiger partial charge on any atom is 0.243 e. The zero-order valence-corrected chi connectivity index (χ0v) is 21.3. The Morgan fingerprint density at radius 3 is 2.15 bits per heavy atom. The zero-order valence-electron chi connectivity index (χ0n) is 19.7. The minimum atomic E-state index is -0.760. The highest BCUT2D eigenvalue weighted by Gasteiger charge is 2.32. The van der Waals surface area contributed by atoms with Gasteiger partial charge in [-0.3, -0.25) is 9.59 Å². The van der Waals surface area contributed by atoms with E-state index in [1.54, 1.807) is 23.1 Å². The summed E-state index contributed by atoms with van der Waals surface area (Å²) in [5.74, 6) is -0.980. The van der Waals surface area contributed by atoms with Crippen LogP contribution in [0.15, 0.2) is 83.3 Å². The molecule has 3 aromatic carbocycles. The highest BCUT2D eigenvalue weighted by molar-refractivity contribution is 9.10. The number of halogens is 2. The van der Waals surface area contributed by atoms with E-state index in [0.29, 0.717) is 12.0 Å². The van der Waals surface area contributed by atoms with E-state index >= 15 is 0 Å². The molecule has 3 aromatic rings. The summed E-state index contributed by atoms with van der Waals surface area (Å²) in [5.41, 5.74) is 1.66. The van der Waals surface area contributed by atoms with Crippen LogP contribution in [0, 0.1) is 5.82 Å². The normalized spacial score (nSPS) is 12.1. The molecule has 0 aliphatic rings. The highest BCUT2D eigenvalue weighted by Crippen LogP contribution is 2.19. The second kappa shape index (κ2) is 11.4. The fourth-order valence-corrected chi connectivity index (χ4v) is 3.96. The molecule has 0 radical (unpaired) electrons. The molecule has 6 heteroatoms. The van der Waals surface area contributed by atoms with Gasteiger partial charge in [0.1, 0.15) is 11.9 Å². The number of nitrogens with zero attached hydrogens (tertiary/aromatic N) is 1. The van der Waals surface area contributed by atoms with Gasteiger partial charge in [-0.25, -0.2) is 4.39 Å². The Kier molecular flexibility index (Phi) is 8.61. The number of carbonyl (C=O) groups is 2. The first-order valence-corrected chi connectivity index (χ1v) is 12.0. The molecule has 0 bridgehead atoms. The first-order valence-electron chi connectivity index (χ1n) is 11.3. The fraction of sp³-hybridized carbons (Fsp3) is 0.286. The summed E-state index contributed by atoms with van der Waals surface area (Å²) in [4.78, 5) is 28.7. The molecule has 4 nitrogen and oxygen atoms in total. The van der Waals surface area contributed by atoms with Crippen LogP contribution in [0.3, 0.4) is 0 Å². The standard InChI is InChI=1S/C28H30BrFN2O2/c1-28(2,3)31-27(34)25(17-20-9-5-4-6-10-20)32(19-21-13-15-23(29)16-14-21)26(33)18-22-11-7-8-12-24(22)30/h4-16,25H,17-19H2,1-3H3,(H,31,34). The minimum Gasteiger partial charge on any atom is -0.350 e. The average Bonchev–Trinajstić information content (AvgIpc) is 2.78. The van der Waals surface area contributed by atoms with E-state index in [-0.39, 0.29) is 24.8 Å². The van der Waals surface area contributed by atoms with Crippen molar-refractivity contribution in [1.82, 2.24) is 10.2 Å². The van der Waals surface area contributed by atoms with Crippen molar-refractivity contribution in [3.05, 3.63) is 106 Å². The third kappa shape index (κ3) is 7.52. The van der Waals surface area contributed by atoms with Crippen molar-refractivity contribution in [1.29, 1.82) is 0 Å². The summed E-state index contributed by atoms with van der Waals surface area (Å²) in [7, 11) is 0. The minimum absolute atomic E-state index is 0.128. The van der Waals surface area contributed by atoms with Crippen LogP contribution >= 0.6 is 15.9 Å². The lowest BCUT2D eigenvalue weighted by Crippen LogP contribution is -2.54. The Labute approximate surface area is 209 Å². The van der Waals surface area contributed by atoms with Crippen molar-refractivity contribution >= 4 is 27.7 Å². The molecule has 0 heterocycles. The van der Waals surface area contributed by atoms with Gasteiger partial charge in [0.05, 0.1) is 6.42 Å². The van der Waals surface area contributed by atoms with Gasteiger partial charge in [0, 0.05) is 23.0 Å². The molecule has 1 atom stereocenters. The van der Waals surface area contributed by atoms with Crippen LogP contribution in [0.25, 0.3) is 0 Å². The predicted octanol–water partition coefficient (Wildman–Crippen LogP) is 5.69. The molecule has 0 aliphatic carbocycles. The number of hydrogen-bond acceptors (Lipinski definition) is 2. The monoisotopic (exact) mass is 524 g/mol. The lowest BCUT2D eigenvalue weighted by molar-refractivity contribution is -0.141. The lowest BCUT2D eigenvalue weighted by Gasteiger charge is -2.34. The van der Waals surface area contributed by atoms with E-state index in [9.17, 15) is 14.0 Å². The summed E-state index contributed by atoms with van der Waals surface area (Å²) in [6.07, 6.45) is 0.222. The van der Waals surface area contributed by atoms with Gasteiger partial charge in [-0.1, -0.05) is 76.6 Å². The first-order chi connectivity index (χ1) is 16.1. The average molecular weight is 525 g/mol. The second-order valence-electron chi connectivity index (χ2n) is 9.36. The van der Waals surface area contributed by atoms with E-state index in [1.165, 1.54) is 6.07 Å². The summed E-state index contributed by atoms with van der Waals surface area (Å²) >= 11 is 3.44. The first kappa shape index (κ1) is 25.6. The van der Waals surface area contributed by atoms with Gasteiger partial charge in [0.25, 0.3) is 0 Å². The van der Waals surface area contributed by atoms with Gasteiger partial charge >= 0.3 is 0 Å². The van der Waals surface area contributed by atoms with Crippen LogP contribution < -0.4 is 5.32 Å². The number of nitrogens with one attached hydrogen (secondary N) is 1. The SMILES string of the molecule is CC(C)(C)NC(=O)C(Cc1ccccc1)N(Cc1ccc(Br)cc1)C(=O)Cc1ccccc1F. The maximum absolute atomic E-state index is 14.4. The maximum atomic E-state index is 14.4. The van der Waals surface area contributed by atoms with Gasteiger partial charge in [-0.2, -0.15) is 0 Å². The fourth-order valence-electron chi connectivity index (χ4n) is 3.70. The lowest BCUT2D eigenvalue weighted by atomic mass is 9.99. The molecular weight excluding hydrogens is 495 g/mol. The van der Waals surface area contributed by atoms with Gasteiger partial charge < -0.3 is 10.2 Å². The van der Waals surface area contributed by atoms with Crippen LogP contribution in [0.2, 0.25) is 0 Å². The molecule has 178 valence electrons. The second-order valence-corrected chi connectivity index (χ2v) is 10.3. The number of amides is 2.